The van der Waals surface area contributed by atoms with Gasteiger partial charge in [-0.1, -0.05) is 236 Å². The third kappa shape index (κ3) is 24.5. The zero-order chi connectivity index (χ0) is 48.5. The number of ether oxygens (including phenoxy) is 2. The summed E-state index contributed by atoms with van der Waals surface area (Å²) in [5, 5.41) is 0. The Labute approximate surface area is 414 Å². The minimum absolute atomic E-state index is 0.145. The fourth-order valence-corrected chi connectivity index (χ4v) is 10.8. The van der Waals surface area contributed by atoms with E-state index in [9.17, 15) is 9.59 Å². The van der Waals surface area contributed by atoms with Gasteiger partial charge in [0, 0.05) is 22.6 Å². The lowest BCUT2D eigenvalue weighted by molar-refractivity contribution is -0.135. The number of unbranched alkanes of at least 4 members (excludes halogenated alkanes) is 18. The second kappa shape index (κ2) is 30.8. The molecule has 0 unspecified atom stereocenters. The molecular formula is C58H98O4S3. The quantitative estimate of drug-likeness (QED) is 0.0411. The largest absolute Gasteiger partial charge is 0.425 e. The van der Waals surface area contributed by atoms with Gasteiger partial charge in [-0.2, -0.15) is 23.5 Å². The molecule has 2 aromatic carbocycles. The Bertz CT molecular complexity index is 1530. The van der Waals surface area contributed by atoms with Crippen LogP contribution in [0.4, 0.5) is 0 Å². The minimum atomic E-state index is -0.291. The number of carbonyl (C=O) groups excluding carboxylic acids is 2. The predicted molar refractivity (Wildman–Crippen MR) is 291 cm³/mol. The molecule has 0 heterocycles. The molecule has 0 N–H and O–H groups in total. The molecule has 2 rings (SSSR count). The third-order valence-electron chi connectivity index (χ3n) is 12.3. The second-order valence-electron chi connectivity index (χ2n) is 22.8. The van der Waals surface area contributed by atoms with Gasteiger partial charge in [0.1, 0.15) is 11.5 Å². The predicted octanol–water partition coefficient (Wildman–Crippen LogP) is 18.9. The van der Waals surface area contributed by atoms with Crippen LogP contribution in [-0.2, 0) is 31.2 Å². The van der Waals surface area contributed by atoms with Crippen LogP contribution in [0.25, 0.3) is 0 Å². The molecule has 0 radical (unpaired) electrons. The first-order valence-electron chi connectivity index (χ1n) is 26.2. The van der Waals surface area contributed by atoms with Crippen molar-refractivity contribution in [2.45, 2.75) is 270 Å². The molecule has 0 aliphatic carbocycles. The molecule has 0 atom stereocenters. The molecule has 0 aliphatic rings. The Morgan fingerprint density at radius 2 is 0.692 bits per heavy atom. The molecule has 0 spiro atoms. The minimum Gasteiger partial charge on any atom is -0.425 e. The first-order valence-corrected chi connectivity index (χ1v) is 29.3. The monoisotopic (exact) mass is 955 g/mol. The zero-order valence-corrected chi connectivity index (χ0v) is 47.0. The Morgan fingerprint density at radius 1 is 0.400 bits per heavy atom. The van der Waals surface area contributed by atoms with Crippen LogP contribution in [0.15, 0.2) is 34.1 Å². The summed E-state index contributed by atoms with van der Waals surface area (Å²) in [7, 11) is 0. The van der Waals surface area contributed by atoms with Crippen molar-refractivity contribution in [1.29, 1.82) is 0 Å². The first kappa shape index (κ1) is 59.6. The Kier molecular flexibility index (Phi) is 28.2. The van der Waals surface area contributed by atoms with Gasteiger partial charge in [-0.15, -0.1) is 0 Å². The van der Waals surface area contributed by atoms with E-state index >= 15 is 0 Å². The summed E-state index contributed by atoms with van der Waals surface area (Å²) in [5.74, 6) is 4.53. The summed E-state index contributed by atoms with van der Waals surface area (Å²) in [5.41, 5.74) is 3.51. The summed E-state index contributed by atoms with van der Waals surface area (Å²) in [4.78, 5) is 29.4. The molecular weight excluding hydrogens is 857 g/mol. The molecule has 0 fully saturated rings. The van der Waals surface area contributed by atoms with Crippen LogP contribution >= 0.6 is 35.3 Å². The molecule has 65 heavy (non-hydrogen) atoms. The fraction of sp³-hybridized carbons (Fsp3) is 0.759. The molecule has 0 bridgehead atoms. The number of hydrogen-bond acceptors (Lipinski definition) is 7. The van der Waals surface area contributed by atoms with Gasteiger partial charge in [0.15, 0.2) is 0 Å². The van der Waals surface area contributed by atoms with Crippen LogP contribution in [0.2, 0.25) is 0 Å². The van der Waals surface area contributed by atoms with Gasteiger partial charge in [-0.3, -0.25) is 9.59 Å². The molecule has 4 nitrogen and oxygen atoms in total. The lowest BCUT2D eigenvalue weighted by atomic mass is 9.80. The van der Waals surface area contributed by atoms with Crippen molar-refractivity contribution in [3.63, 3.8) is 0 Å². The SMILES string of the molecule is CCCCCCCCCCCCSCCC(=O)Oc1c(Sc2cc(C(C)(C)C)cc(C(C)(C)C)c2OC(=O)CCSCCCCCCCCCCCC)cc(C(C)(C)C)cc1C(C)(C)C. The van der Waals surface area contributed by atoms with Crippen molar-refractivity contribution < 1.29 is 19.1 Å². The Balaban J connectivity index is 2.30. The van der Waals surface area contributed by atoms with Crippen LogP contribution in [-0.4, -0.2) is 35.0 Å². The summed E-state index contributed by atoms with van der Waals surface area (Å²) in [6.07, 6.45) is 27.4. The standard InChI is InChI=1S/C58H98O4S3/c1-15-17-19-21-23-25-27-29-31-33-37-63-39-35-51(59)61-53-47(57(9,10)11)41-45(55(3,4)5)43-49(53)65-50-44-46(56(6,7)8)42-48(58(12,13)14)54(50)62-52(60)36-40-64-38-34-32-30-28-26-24-22-20-18-16-2/h41-44H,15-40H2,1-14H3. The fourth-order valence-electron chi connectivity index (χ4n) is 7.89. The first-order chi connectivity index (χ1) is 30.6. The van der Waals surface area contributed by atoms with Crippen molar-refractivity contribution >= 4 is 47.2 Å². The van der Waals surface area contributed by atoms with Crippen LogP contribution in [0.1, 0.15) is 260 Å². The van der Waals surface area contributed by atoms with E-state index in [-0.39, 0.29) is 33.6 Å². The molecule has 0 amide bonds. The maximum Gasteiger partial charge on any atom is 0.312 e. The van der Waals surface area contributed by atoms with Crippen LogP contribution in [0.3, 0.4) is 0 Å². The number of rotatable bonds is 32. The average Bonchev–Trinajstić information content (AvgIpc) is 3.20. The molecule has 2 aromatic rings. The van der Waals surface area contributed by atoms with Crippen LogP contribution in [0, 0.1) is 0 Å². The Morgan fingerprint density at radius 3 is 0.969 bits per heavy atom. The topological polar surface area (TPSA) is 52.6 Å². The number of hydrogen-bond donors (Lipinski definition) is 0. The number of esters is 2. The van der Waals surface area contributed by atoms with Gasteiger partial charge >= 0.3 is 11.9 Å². The molecule has 0 saturated carbocycles. The van der Waals surface area contributed by atoms with Crippen LogP contribution in [0.5, 0.6) is 11.5 Å². The molecule has 0 aromatic heterocycles. The lowest BCUT2D eigenvalue weighted by Crippen LogP contribution is -2.21. The smallest absolute Gasteiger partial charge is 0.312 e. The summed E-state index contributed by atoms with van der Waals surface area (Å²) >= 11 is 5.31. The highest BCUT2D eigenvalue weighted by atomic mass is 32.2. The average molecular weight is 956 g/mol. The van der Waals surface area contributed by atoms with Crippen molar-refractivity contribution in [3.05, 3.63) is 46.5 Å². The summed E-state index contributed by atoms with van der Waals surface area (Å²) in [6.45, 7) is 31.2. The third-order valence-corrected chi connectivity index (χ3v) is 15.5. The molecule has 7 heteroatoms. The lowest BCUT2D eigenvalue weighted by Gasteiger charge is -2.30. The highest BCUT2D eigenvalue weighted by Crippen LogP contribution is 2.50. The van der Waals surface area contributed by atoms with Crippen molar-refractivity contribution in [2.24, 2.45) is 0 Å². The van der Waals surface area contributed by atoms with Gasteiger partial charge in [-0.25, -0.2) is 0 Å². The van der Waals surface area contributed by atoms with Crippen molar-refractivity contribution in [3.8, 4) is 11.5 Å². The normalized spacial score (nSPS) is 12.5. The molecule has 0 aliphatic heterocycles. The van der Waals surface area contributed by atoms with E-state index in [2.05, 4.69) is 121 Å². The maximum absolute atomic E-state index is 13.8. The highest BCUT2D eigenvalue weighted by Gasteiger charge is 2.31. The van der Waals surface area contributed by atoms with E-state index in [0.29, 0.717) is 24.3 Å². The van der Waals surface area contributed by atoms with Crippen LogP contribution < -0.4 is 9.47 Å². The molecule has 0 saturated heterocycles. The van der Waals surface area contributed by atoms with E-state index in [4.69, 9.17) is 9.47 Å². The Hall–Kier alpha value is -1.57. The van der Waals surface area contributed by atoms with Gasteiger partial charge in [0.25, 0.3) is 0 Å². The number of benzene rings is 2. The van der Waals surface area contributed by atoms with E-state index in [1.165, 1.54) is 140 Å². The second-order valence-corrected chi connectivity index (χ2v) is 26.4. The number of thioether (sulfide) groups is 2. The van der Waals surface area contributed by atoms with Gasteiger partial charge < -0.3 is 9.47 Å². The maximum atomic E-state index is 13.8. The van der Waals surface area contributed by atoms with E-state index in [0.717, 1.165) is 43.9 Å². The van der Waals surface area contributed by atoms with Crippen molar-refractivity contribution in [1.82, 2.24) is 0 Å². The van der Waals surface area contributed by atoms with Gasteiger partial charge in [-0.05, 0) is 69.3 Å². The van der Waals surface area contributed by atoms with Crippen molar-refractivity contribution in [2.75, 3.05) is 23.0 Å². The van der Waals surface area contributed by atoms with Gasteiger partial charge in [0.2, 0.25) is 0 Å². The summed E-state index contributed by atoms with van der Waals surface area (Å²) < 4.78 is 13.0. The van der Waals surface area contributed by atoms with Gasteiger partial charge in [0.05, 0.1) is 22.6 Å². The van der Waals surface area contributed by atoms with E-state index in [1.54, 1.807) is 11.8 Å². The van der Waals surface area contributed by atoms with E-state index in [1.807, 2.05) is 23.5 Å². The summed E-state index contributed by atoms with van der Waals surface area (Å²) in [6, 6.07) is 8.90. The molecule has 372 valence electrons. The van der Waals surface area contributed by atoms with E-state index < -0.39 is 0 Å². The highest BCUT2D eigenvalue weighted by molar-refractivity contribution is 7.99. The number of carbonyl (C=O) groups is 2. The zero-order valence-electron chi connectivity index (χ0n) is 44.6.